The molecule has 1 aromatic carbocycles. The van der Waals surface area contributed by atoms with E-state index in [4.69, 9.17) is 9.47 Å². The van der Waals surface area contributed by atoms with Crippen LogP contribution in [0.4, 0.5) is 4.79 Å². The Morgan fingerprint density at radius 2 is 1.46 bits per heavy atom. The Morgan fingerprint density at radius 3 is 1.90 bits per heavy atom. The van der Waals surface area contributed by atoms with E-state index in [9.17, 15) is 14.4 Å². The van der Waals surface area contributed by atoms with Gasteiger partial charge in [-0.15, -0.1) is 0 Å². The minimum absolute atomic E-state index is 0.162. The predicted octanol–water partition coefficient (Wildman–Crippen LogP) is 8.42. The molecule has 0 saturated heterocycles. The van der Waals surface area contributed by atoms with E-state index in [1.54, 1.807) is 0 Å². The summed E-state index contributed by atoms with van der Waals surface area (Å²) in [5.74, 6) is -0.874. The Labute approximate surface area is 240 Å². The molecule has 1 aliphatic heterocycles. The molecule has 7 heteroatoms. The number of hydrogen-bond donors (Lipinski definition) is 0. The van der Waals surface area contributed by atoms with Gasteiger partial charge in [-0.2, -0.15) is 0 Å². The fraction of sp³-hybridized carbons (Fsp3) is 0.656. The number of carbonyl (C=O) groups excluding carboxylic acids is 3. The van der Waals surface area contributed by atoms with E-state index >= 15 is 0 Å². The van der Waals surface area contributed by atoms with Crippen molar-refractivity contribution in [2.45, 2.75) is 112 Å². The maximum atomic E-state index is 13.7. The molecular weight excluding hydrogens is 597 g/mol. The van der Waals surface area contributed by atoms with Gasteiger partial charge < -0.3 is 0 Å². The molecule has 1 heterocycles. The molecule has 2 rings (SSSR count). The minimum atomic E-state index is -3.11. The molecule has 39 heavy (non-hydrogen) atoms. The van der Waals surface area contributed by atoms with Crippen molar-refractivity contribution in [1.29, 1.82) is 0 Å². The molecule has 2 amide bonds. The number of nitrogens with zero attached hydrogens (tertiary/aromatic N) is 1. The van der Waals surface area contributed by atoms with Crippen molar-refractivity contribution >= 4 is 41.9 Å². The third-order valence-corrected chi connectivity index (χ3v) is 24.0. The van der Waals surface area contributed by atoms with E-state index in [0.29, 0.717) is 18.5 Å². The van der Waals surface area contributed by atoms with Crippen LogP contribution in [0.5, 0.6) is 0 Å². The van der Waals surface area contributed by atoms with Gasteiger partial charge in [-0.05, 0) is 0 Å². The van der Waals surface area contributed by atoms with E-state index < -0.39 is 30.1 Å². The van der Waals surface area contributed by atoms with Gasteiger partial charge in [-0.3, -0.25) is 0 Å². The molecule has 0 spiro atoms. The Hall–Kier alpha value is -1.83. The van der Waals surface area contributed by atoms with Crippen LogP contribution in [0.3, 0.4) is 0 Å². The summed E-state index contributed by atoms with van der Waals surface area (Å²) in [4.78, 5) is 40.7. The summed E-state index contributed by atoms with van der Waals surface area (Å²) < 4.78 is 15.8. The molecule has 0 bridgehead atoms. The SMILES string of the molecule is CCC[CH2][Sn]([CH2]CCC)([CH2]CCC)[C]1=C(c2ccc(C(=O)OC)cc2)CC(C)C(=O)N(C(=O)OC(C)(C)C)C1. The fourth-order valence-corrected chi connectivity index (χ4v) is 23.1. The summed E-state index contributed by atoms with van der Waals surface area (Å²) in [5.41, 5.74) is 2.09. The zero-order valence-corrected chi connectivity index (χ0v) is 28.5. The van der Waals surface area contributed by atoms with Crippen molar-refractivity contribution in [3.8, 4) is 0 Å². The first-order valence-electron chi connectivity index (χ1n) is 14.9. The number of amides is 2. The van der Waals surface area contributed by atoms with E-state index in [1.165, 1.54) is 53.7 Å². The van der Waals surface area contributed by atoms with Gasteiger partial charge in [0.05, 0.1) is 0 Å². The first-order chi connectivity index (χ1) is 18.4. The number of imide groups is 1. The number of carbonyl (C=O) groups is 3. The van der Waals surface area contributed by atoms with Gasteiger partial charge in [-0.25, -0.2) is 0 Å². The second-order valence-electron chi connectivity index (χ2n) is 12.1. The number of esters is 1. The summed E-state index contributed by atoms with van der Waals surface area (Å²) in [6.07, 6.45) is 7.00. The molecular formula is C32H51NO5Sn. The van der Waals surface area contributed by atoms with Crippen LogP contribution in [0.15, 0.2) is 27.9 Å². The summed E-state index contributed by atoms with van der Waals surface area (Å²) in [7, 11) is 1.39. The molecule has 0 saturated carbocycles. The zero-order valence-electron chi connectivity index (χ0n) is 25.7. The van der Waals surface area contributed by atoms with Crippen LogP contribution < -0.4 is 0 Å². The van der Waals surface area contributed by atoms with Crippen LogP contribution in [-0.4, -0.2) is 60.5 Å². The molecule has 218 valence electrons. The van der Waals surface area contributed by atoms with Crippen molar-refractivity contribution in [3.63, 3.8) is 0 Å². The zero-order chi connectivity index (χ0) is 29.2. The molecule has 1 aromatic rings. The van der Waals surface area contributed by atoms with E-state index in [1.807, 2.05) is 52.0 Å². The predicted molar refractivity (Wildman–Crippen MR) is 161 cm³/mol. The molecule has 0 aromatic heterocycles. The number of benzene rings is 1. The number of ether oxygens (including phenoxy) is 2. The Morgan fingerprint density at radius 1 is 0.949 bits per heavy atom. The average molecular weight is 648 g/mol. The second-order valence-corrected chi connectivity index (χ2v) is 25.4. The number of rotatable bonds is 12. The topological polar surface area (TPSA) is 72.9 Å². The van der Waals surface area contributed by atoms with Crippen LogP contribution in [0.1, 0.15) is 109 Å². The second kappa shape index (κ2) is 15.2. The third kappa shape index (κ3) is 9.09. The van der Waals surface area contributed by atoms with Crippen LogP contribution >= 0.6 is 0 Å². The average Bonchev–Trinajstić information content (AvgIpc) is 3.03. The van der Waals surface area contributed by atoms with Crippen molar-refractivity contribution in [2.75, 3.05) is 13.7 Å². The summed E-state index contributed by atoms with van der Waals surface area (Å²) in [6, 6.07) is 7.63. The standard InChI is InChI=1S/C20H24NO5.3C4H9.Sn/c1-13-12-16(14-6-8-15(9-7-14)18(23)25-5)10-11-21(17(13)22)19(24)26-20(2,3)4;3*1-3-4-2;/h6-9,13H,11-12H2,1-5H3;3*1,3-4H2,2H3;. The van der Waals surface area contributed by atoms with Gasteiger partial charge in [0, 0.05) is 0 Å². The number of unbranched alkanes of at least 4 members (excludes halogenated alkanes) is 3. The van der Waals surface area contributed by atoms with E-state index in [2.05, 4.69) is 20.8 Å². The van der Waals surface area contributed by atoms with Gasteiger partial charge in [0.25, 0.3) is 0 Å². The Bertz CT molecular complexity index is 987. The Kier molecular flexibility index (Phi) is 13.0. The third-order valence-electron chi connectivity index (χ3n) is 7.81. The van der Waals surface area contributed by atoms with Gasteiger partial charge in [0.15, 0.2) is 0 Å². The molecule has 6 nitrogen and oxygen atoms in total. The number of hydrogen-bond acceptors (Lipinski definition) is 5. The maximum absolute atomic E-state index is 13.7. The monoisotopic (exact) mass is 649 g/mol. The first-order valence-corrected chi connectivity index (χ1v) is 22.4. The summed E-state index contributed by atoms with van der Waals surface area (Å²) in [6.45, 7) is 14.5. The van der Waals surface area contributed by atoms with Crippen molar-refractivity contribution in [2.24, 2.45) is 5.92 Å². The van der Waals surface area contributed by atoms with E-state index in [0.717, 1.165) is 24.8 Å². The van der Waals surface area contributed by atoms with Gasteiger partial charge in [0.1, 0.15) is 0 Å². The number of allylic oxidation sites excluding steroid dienone is 1. The van der Waals surface area contributed by atoms with Gasteiger partial charge >= 0.3 is 242 Å². The van der Waals surface area contributed by atoms with Crippen LogP contribution in [0.2, 0.25) is 13.3 Å². The van der Waals surface area contributed by atoms with Crippen LogP contribution in [-0.2, 0) is 14.3 Å². The first kappa shape index (κ1) is 33.4. The molecule has 0 N–H and O–H groups in total. The molecule has 1 aliphatic rings. The van der Waals surface area contributed by atoms with Crippen LogP contribution in [0, 0.1) is 5.92 Å². The van der Waals surface area contributed by atoms with Crippen molar-refractivity contribution in [3.05, 3.63) is 39.0 Å². The quantitative estimate of drug-likeness (QED) is 0.168. The molecule has 0 radical (unpaired) electrons. The van der Waals surface area contributed by atoms with Crippen molar-refractivity contribution in [1.82, 2.24) is 4.90 Å². The van der Waals surface area contributed by atoms with Crippen molar-refractivity contribution < 1.29 is 23.9 Å². The summed E-state index contributed by atoms with van der Waals surface area (Å²) >= 11 is -3.11. The Balaban J connectivity index is 2.82. The molecule has 0 fully saturated rings. The number of methoxy groups -OCH3 is 1. The summed E-state index contributed by atoms with van der Waals surface area (Å²) in [5, 5.41) is 0. The normalized spacial score (nSPS) is 16.8. The van der Waals surface area contributed by atoms with Gasteiger partial charge in [0.2, 0.25) is 0 Å². The van der Waals surface area contributed by atoms with E-state index in [-0.39, 0.29) is 17.8 Å². The molecule has 0 aliphatic carbocycles. The van der Waals surface area contributed by atoms with Crippen LogP contribution in [0.25, 0.3) is 5.57 Å². The molecule has 1 atom stereocenters. The van der Waals surface area contributed by atoms with Gasteiger partial charge in [-0.1, -0.05) is 0 Å². The molecule has 1 unspecified atom stereocenters. The fourth-order valence-electron chi connectivity index (χ4n) is 5.66.